The van der Waals surface area contributed by atoms with Gasteiger partial charge in [0.25, 0.3) is 0 Å². The SMILES string of the molecule is COCNC(=O)[C@@H]1C2CCC(C[C@@H]1c1ccc(F)cc1)N2C. The topological polar surface area (TPSA) is 41.6 Å². The van der Waals surface area contributed by atoms with Crippen molar-refractivity contribution in [1.82, 2.24) is 10.2 Å². The van der Waals surface area contributed by atoms with Gasteiger partial charge in [-0.1, -0.05) is 12.1 Å². The summed E-state index contributed by atoms with van der Waals surface area (Å²) in [4.78, 5) is 15.0. The normalized spacial score (nSPS) is 31.2. The number of rotatable bonds is 4. The Balaban J connectivity index is 1.88. The van der Waals surface area contributed by atoms with Crippen LogP contribution in [-0.4, -0.2) is 43.8 Å². The molecule has 1 aromatic carbocycles. The summed E-state index contributed by atoms with van der Waals surface area (Å²) in [5, 5.41) is 2.85. The van der Waals surface area contributed by atoms with E-state index in [0.717, 1.165) is 24.8 Å². The molecule has 1 N–H and O–H groups in total. The van der Waals surface area contributed by atoms with Crippen LogP contribution in [-0.2, 0) is 9.53 Å². The van der Waals surface area contributed by atoms with E-state index in [2.05, 4.69) is 17.3 Å². The van der Waals surface area contributed by atoms with Gasteiger partial charge in [0.1, 0.15) is 12.5 Å². The monoisotopic (exact) mass is 306 g/mol. The zero-order valence-corrected chi connectivity index (χ0v) is 13.1. The number of methoxy groups -OCH3 is 1. The Morgan fingerprint density at radius 1 is 1.36 bits per heavy atom. The molecule has 22 heavy (non-hydrogen) atoms. The molecule has 2 bridgehead atoms. The van der Waals surface area contributed by atoms with Crippen molar-refractivity contribution in [1.29, 1.82) is 0 Å². The highest BCUT2D eigenvalue weighted by atomic mass is 19.1. The molecule has 4 nitrogen and oxygen atoms in total. The van der Waals surface area contributed by atoms with Gasteiger partial charge in [-0.3, -0.25) is 9.69 Å². The molecule has 2 aliphatic heterocycles. The summed E-state index contributed by atoms with van der Waals surface area (Å²) in [7, 11) is 3.68. The van der Waals surface area contributed by atoms with Gasteiger partial charge in [0.15, 0.2) is 0 Å². The van der Waals surface area contributed by atoms with Crippen LogP contribution in [0.15, 0.2) is 24.3 Å². The van der Waals surface area contributed by atoms with E-state index < -0.39 is 0 Å². The molecular formula is C17H23FN2O2. The van der Waals surface area contributed by atoms with Crippen molar-refractivity contribution in [3.8, 4) is 0 Å². The third-order valence-corrected chi connectivity index (χ3v) is 5.26. The van der Waals surface area contributed by atoms with E-state index in [1.54, 1.807) is 7.11 Å². The third-order valence-electron chi connectivity index (χ3n) is 5.26. The van der Waals surface area contributed by atoms with Crippen molar-refractivity contribution in [3.63, 3.8) is 0 Å². The van der Waals surface area contributed by atoms with Crippen molar-refractivity contribution in [2.24, 2.45) is 5.92 Å². The van der Waals surface area contributed by atoms with Crippen LogP contribution in [0.4, 0.5) is 4.39 Å². The quantitative estimate of drug-likeness (QED) is 0.866. The molecule has 0 aliphatic carbocycles. The van der Waals surface area contributed by atoms with Crippen molar-refractivity contribution >= 4 is 5.91 Å². The zero-order chi connectivity index (χ0) is 15.7. The Labute approximate surface area is 130 Å². The van der Waals surface area contributed by atoms with Crippen LogP contribution in [0, 0.1) is 11.7 Å². The molecular weight excluding hydrogens is 283 g/mol. The molecule has 5 heteroatoms. The minimum Gasteiger partial charge on any atom is -0.364 e. The molecule has 2 aliphatic rings. The van der Waals surface area contributed by atoms with E-state index in [1.165, 1.54) is 12.1 Å². The molecule has 120 valence electrons. The fourth-order valence-electron chi connectivity index (χ4n) is 4.14. The van der Waals surface area contributed by atoms with E-state index in [-0.39, 0.29) is 36.3 Å². The molecule has 2 fully saturated rings. The largest absolute Gasteiger partial charge is 0.364 e. The summed E-state index contributed by atoms with van der Waals surface area (Å²) in [6.45, 7) is 0.228. The van der Waals surface area contributed by atoms with Crippen LogP contribution < -0.4 is 5.32 Å². The van der Waals surface area contributed by atoms with E-state index in [1.807, 2.05) is 12.1 Å². The minimum absolute atomic E-state index is 0.0355. The molecule has 2 saturated heterocycles. The van der Waals surface area contributed by atoms with E-state index in [0.29, 0.717) is 6.04 Å². The Kier molecular flexibility index (Phi) is 4.45. The minimum atomic E-state index is -0.236. The summed E-state index contributed by atoms with van der Waals surface area (Å²) in [6, 6.07) is 7.39. The summed E-state index contributed by atoms with van der Waals surface area (Å²) in [6.07, 6.45) is 3.13. The van der Waals surface area contributed by atoms with Gasteiger partial charge in [-0.2, -0.15) is 0 Å². The predicted molar refractivity (Wildman–Crippen MR) is 81.8 cm³/mol. The Hall–Kier alpha value is -1.46. The molecule has 0 spiro atoms. The summed E-state index contributed by atoms with van der Waals surface area (Å²) >= 11 is 0. The lowest BCUT2D eigenvalue weighted by atomic mass is 9.75. The van der Waals surface area contributed by atoms with E-state index >= 15 is 0 Å². The first-order valence-corrected chi connectivity index (χ1v) is 7.86. The molecule has 3 rings (SSSR count). The van der Waals surface area contributed by atoms with Crippen LogP contribution in [0.2, 0.25) is 0 Å². The van der Waals surface area contributed by atoms with Crippen LogP contribution >= 0.6 is 0 Å². The summed E-state index contributed by atoms with van der Waals surface area (Å²) in [5.41, 5.74) is 1.06. The highest BCUT2D eigenvalue weighted by Crippen LogP contribution is 2.46. The summed E-state index contributed by atoms with van der Waals surface area (Å²) in [5.74, 6) is -0.163. The highest BCUT2D eigenvalue weighted by molar-refractivity contribution is 5.80. The van der Waals surface area contributed by atoms with Gasteiger partial charge < -0.3 is 10.1 Å². The number of piperidine rings is 1. The number of nitrogens with zero attached hydrogens (tertiary/aromatic N) is 1. The number of carbonyl (C=O) groups is 1. The van der Waals surface area contributed by atoms with E-state index in [9.17, 15) is 9.18 Å². The lowest BCUT2D eigenvalue weighted by Gasteiger charge is -2.42. The number of benzene rings is 1. The first kappa shape index (κ1) is 15.4. The van der Waals surface area contributed by atoms with E-state index in [4.69, 9.17) is 4.74 Å². The van der Waals surface area contributed by atoms with Gasteiger partial charge in [0, 0.05) is 19.2 Å². The molecule has 0 saturated carbocycles. The van der Waals surface area contributed by atoms with Gasteiger partial charge >= 0.3 is 0 Å². The maximum absolute atomic E-state index is 13.2. The standard InChI is InChI=1S/C17H23FN2O2/c1-20-13-7-8-15(20)16(17(21)19-10-22-2)14(9-13)11-3-5-12(18)6-4-11/h3-6,13-16H,7-10H2,1-2H3,(H,19,21)/t13?,14-,15?,16+/m1/s1. The van der Waals surface area contributed by atoms with Crippen molar-refractivity contribution < 1.29 is 13.9 Å². The second-order valence-corrected chi connectivity index (χ2v) is 6.36. The Morgan fingerprint density at radius 3 is 2.77 bits per heavy atom. The predicted octanol–water partition coefficient (Wildman–Crippen LogP) is 2.11. The fraction of sp³-hybridized carbons (Fsp3) is 0.588. The number of carbonyl (C=O) groups excluding carboxylic acids is 1. The maximum Gasteiger partial charge on any atom is 0.227 e. The third kappa shape index (κ3) is 2.75. The van der Waals surface area contributed by atoms with Gasteiger partial charge in [-0.05, 0) is 49.9 Å². The zero-order valence-electron chi connectivity index (χ0n) is 13.1. The summed E-state index contributed by atoms with van der Waals surface area (Å²) < 4.78 is 18.2. The molecule has 0 aromatic heterocycles. The first-order chi connectivity index (χ1) is 10.6. The molecule has 0 radical (unpaired) electrons. The van der Waals surface area contributed by atoms with Crippen molar-refractivity contribution in [2.45, 2.75) is 37.3 Å². The Morgan fingerprint density at radius 2 is 2.09 bits per heavy atom. The van der Waals surface area contributed by atoms with Crippen molar-refractivity contribution in [3.05, 3.63) is 35.6 Å². The lowest BCUT2D eigenvalue weighted by Crippen LogP contribution is -2.51. The molecule has 2 unspecified atom stereocenters. The number of halogens is 1. The lowest BCUT2D eigenvalue weighted by molar-refractivity contribution is -0.130. The fourth-order valence-corrected chi connectivity index (χ4v) is 4.14. The first-order valence-electron chi connectivity index (χ1n) is 7.86. The highest BCUT2D eigenvalue weighted by Gasteiger charge is 2.48. The second-order valence-electron chi connectivity index (χ2n) is 6.36. The van der Waals surface area contributed by atoms with Gasteiger partial charge in [0.2, 0.25) is 5.91 Å². The number of ether oxygens (including phenoxy) is 1. The van der Waals surface area contributed by atoms with Crippen LogP contribution in [0.1, 0.15) is 30.7 Å². The number of amides is 1. The van der Waals surface area contributed by atoms with Gasteiger partial charge in [-0.15, -0.1) is 0 Å². The number of fused-ring (bicyclic) bond motifs is 2. The average Bonchev–Trinajstić information content (AvgIpc) is 2.75. The number of hydrogen-bond donors (Lipinski definition) is 1. The average molecular weight is 306 g/mol. The van der Waals surface area contributed by atoms with Crippen LogP contribution in [0.25, 0.3) is 0 Å². The molecule has 1 aromatic rings. The number of nitrogens with one attached hydrogen (secondary N) is 1. The molecule has 2 heterocycles. The van der Waals surface area contributed by atoms with Gasteiger partial charge in [-0.25, -0.2) is 4.39 Å². The van der Waals surface area contributed by atoms with Crippen LogP contribution in [0.5, 0.6) is 0 Å². The molecule has 4 atom stereocenters. The number of hydrogen-bond acceptors (Lipinski definition) is 3. The van der Waals surface area contributed by atoms with Crippen molar-refractivity contribution in [2.75, 3.05) is 20.9 Å². The smallest absolute Gasteiger partial charge is 0.227 e. The van der Waals surface area contributed by atoms with Gasteiger partial charge in [0.05, 0.1) is 5.92 Å². The molecule has 1 amide bonds. The maximum atomic E-state index is 13.2. The van der Waals surface area contributed by atoms with Crippen LogP contribution in [0.3, 0.4) is 0 Å². The Bertz CT molecular complexity index is 534. The second kappa shape index (κ2) is 6.34.